The highest BCUT2D eigenvalue weighted by Gasteiger charge is 2.37. The first-order chi connectivity index (χ1) is 22.1. The van der Waals surface area contributed by atoms with Crippen molar-refractivity contribution in [3.8, 4) is 22.3 Å². The summed E-state index contributed by atoms with van der Waals surface area (Å²) in [5.74, 6) is 0.943. The maximum Gasteiger partial charge on any atom is 0.0794 e. The van der Waals surface area contributed by atoms with E-state index in [-0.39, 0.29) is 5.41 Å². The molecule has 0 fully saturated rings. The molecule has 1 nitrogen and oxygen atoms in total. The van der Waals surface area contributed by atoms with E-state index in [2.05, 4.69) is 178 Å². The predicted molar refractivity (Wildman–Crippen MR) is 203 cm³/mol. The smallest absolute Gasteiger partial charge is 0.0794 e. The summed E-state index contributed by atoms with van der Waals surface area (Å²) in [5, 5.41) is 3.27. The molecule has 3 heteroatoms. The molecule has 7 rings (SSSR count). The fourth-order valence-electron chi connectivity index (χ4n) is 7.05. The van der Waals surface area contributed by atoms with Crippen molar-refractivity contribution in [3.63, 3.8) is 0 Å². The molecular formula is C43H39BrClN. The molecule has 0 unspecified atom stereocenters. The highest BCUT2D eigenvalue weighted by atomic mass is 79.9. The number of fused-ring (bicyclic) bond motifs is 5. The summed E-state index contributed by atoms with van der Waals surface area (Å²) >= 11 is 11.2. The van der Waals surface area contributed by atoms with Crippen LogP contribution in [0.25, 0.3) is 33.0 Å². The van der Waals surface area contributed by atoms with Crippen molar-refractivity contribution in [2.24, 2.45) is 0 Å². The minimum atomic E-state index is -0.145. The van der Waals surface area contributed by atoms with Gasteiger partial charge in [0.15, 0.2) is 0 Å². The highest BCUT2D eigenvalue weighted by molar-refractivity contribution is 9.10. The summed E-state index contributed by atoms with van der Waals surface area (Å²) in [5.41, 5.74) is 13.2. The minimum Gasteiger partial charge on any atom is -0.309 e. The average molecular weight is 685 g/mol. The third kappa shape index (κ3) is 5.07. The SMILES string of the molecule is CC(C)c1ccc(-c2ccc(N(c3ccc(C(C)C)cc3)c3ccc4c(c3)C(C)(C)c3ccc5ccccc5c3-4)c(Cl)c2Br)cc1. The fourth-order valence-corrected chi connectivity index (χ4v) is 7.87. The molecule has 6 aromatic carbocycles. The largest absolute Gasteiger partial charge is 0.309 e. The van der Waals surface area contributed by atoms with Crippen LogP contribution in [0.1, 0.15) is 75.6 Å². The summed E-state index contributed by atoms with van der Waals surface area (Å²) in [4.78, 5) is 2.31. The molecule has 0 saturated heterocycles. The topological polar surface area (TPSA) is 3.24 Å². The van der Waals surface area contributed by atoms with Crippen LogP contribution in [0.15, 0.2) is 120 Å². The van der Waals surface area contributed by atoms with Gasteiger partial charge in [-0.3, -0.25) is 0 Å². The Labute approximate surface area is 287 Å². The van der Waals surface area contributed by atoms with E-state index in [1.807, 2.05) is 0 Å². The van der Waals surface area contributed by atoms with Crippen LogP contribution < -0.4 is 4.90 Å². The van der Waals surface area contributed by atoms with Crippen molar-refractivity contribution in [1.29, 1.82) is 0 Å². The zero-order valence-electron chi connectivity index (χ0n) is 27.3. The monoisotopic (exact) mass is 683 g/mol. The quantitative estimate of drug-likeness (QED) is 0.169. The lowest BCUT2D eigenvalue weighted by Gasteiger charge is -2.29. The van der Waals surface area contributed by atoms with Crippen LogP contribution in [0.4, 0.5) is 17.1 Å². The molecule has 0 aromatic heterocycles. The number of halogens is 2. The Balaban J connectivity index is 1.39. The molecule has 0 bridgehead atoms. The molecule has 6 aromatic rings. The zero-order chi connectivity index (χ0) is 32.3. The van der Waals surface area contributed by atoms with Crippen molar-refractivity contribution < 1.29 is 0 Å². The van der Waals surface area contributed by atoms with Gasteiger partial charge in [-0.25, -0.2) is 0 Å². The van der Waals surface area contributed by atoms with Gasteiger partial charge in [-0.15, -0.1) is 0 Å². The maximum absolute atomic E-state index is 7.33. The van der Waals surface area contributed by atoms with Crippen LogP contribution in [0.3, 0.4) is 0 Å². The lowest BCUT2D eigenvalue weighted by atomic mass is 9.82. The summed E-state index contributed by atoms with van der Waals surface area (Å²) in [6.45, 7) is 13.6. The Morgan fingerprint density at radius 2 is 1.24 bits per heavy atom. The Hall–Kier alpha value is -3.85. The Kier molecular flexibility index (Phi) is 7.86. The Bertz CT molecular complexity index is 2090. The van der Waals surface area contributed by atoms with Gasteiger partial charge < -0.3 is 4.90 Å². The second-order valence-corrected chi connectivity index (χ2v) is 14.9. The van der Waals surface area contributed by atoms with E-state index in [1.54, 1.807) is 0 Å². The van der Waals surface area contributed by atoms with Gasteiger partial charge in [-0.2, -0.15) is 0 Å². The first-order valence-electron chi connectivity index (χ1n) is 16.2. The molecule has 0 heterocycles. The predicted octanol–water partition coefficient (Wildman–Crippen LogP) is 13.9. The Morgan fingerprint density at radius 1 is 0.630 bits per heavy atom. The number of benzene rings is 6. The van der Waals surface area contributed by atoms with Gasteiger partial charge in [0.1, 0.15) is 0 Å². The molecule has 0 saturated carbocycles. The molecule has 1 aliphatic rings. The van der Waals surface area contributed by atoms with Crippen molar-refractivity contribution in [2.45, 2.75) is 58.8 Å². The molecule has 1 aliphatic carbocycles. The number of anilines is 3. The van der Waals surface area contributed by atoms with Crippen LogP contribution in [0.5, 0.6) is 0 Å². The molecule has 0 aliphatic heterocycles. The van der Waals surface area contributed by atoms with E-state index >= 15 is 0 Å². The fraction of sp³-hybridized carbons (Fsp3) is 0.209. The van der Waals surface area contributed by atoms with Gasteiger partial charge in [-0.1, -0.05) is 138 Å². The number of nitrogens with zero attached hydrogens (tertiary/aromatic N) is 1. The normalized spacial score (nSPS) is 13.3. The highest BCUT2D eigenvalue weighted by Crippen LogP contribution is 2.53. The number of hydrogen-bond donors (Lipinski definition) is 0. The van der Waals surface area contributed by atoms with Gasteiger partial charge >= 0.3 is 0 Å². The second-order valence-electron chi connectivity index (χ2n) is 13.7. The summed E-state index contributed by atoms with van der Waals surface area (Å²) in [6.07, 6.45) is 0. The first kappa shape index (κ1) is 30.8. The van der Waals surface area contributed by atoms with Crippen molar-refractivity contribution in [1.82, 2.24) is 0 Å². The van der Waals surface area contributed by atoms with Crippen molar-refractivity contribution in [3.05, 3.63) is 147 Å². The van der Waals surface area contributed by atoms with Crippen LogP contribution >= 0.6 is 27.5 Å². The summed E-state index contributed by atoms with van der Waals surface area (Å²) in [6, 6.07) is 42.3. The Morgan fingerprint density at radius 3 is 1.91 bits per heavy atom. The third-order valence-corrected chi connectivity index (χ3v) is 11.3. The molecule has 0 spiro atoms. The number of hydrogen-bond acceptors (Lipinski definition) is 1. The van der Waals surface area contributed by atoms with Crippen LogP contribution in [-0.2, 0) is 5.41 Å². The average Bonchev–Trinajstić information content (AvgIpc) is 3.29. The van der Waals surface area contributed by atoms with E-state index in [9.17, 15) is 0 Å². The van der Waals surface area contributed by atoms with E-state index in [0.29, 0.717) is 16.9 Å². The number of rotatable bonds is 6. The van der Waals surface area contributed by atoms with Gasteiger partial charge in [0.25, 0.3) is 0 Å². The van der Waals surface area contributed by atoms with E-state index in [1.165, 1.54) is 44.2 Å². The van der Waals surface area contributed by atoms with E-state index in [0.717, 1.165) is 32.7 Å². The summed E-state index contributed by atoms with van der Waals surface area (Å²) in [7, 11) is 0. The van der Waals surface area contributed by atoms with Crippen molar-refractivity contribution >= 4 is 55.4 Å². The van der Waals surface area contributed by atoms with Gasteiger partial charge in [-0.05, 0) is 113 Å². The van der Waals surface area contributed by atoms with E-state index < -0.39 is 0 Å². The maximum atomic E-state index is 7.33. The summed E-state index contributed by atoms with van der Waals surface area (Å²) < 4.78 is 0.896. The molecule has 0 amide bonds. The first-order valence-corrected chi connectivity index (χ1v) is 17.4. The molecule has 0 N–H and O–H groups in total. The minimum absolute atomic E-state index is 0.145. The van der Waals surface area contributed by atoms with Gasteiger partial charge in [0, 0.05) is 21.3 Å². The van der Waals surface area contributed by atoms with Crippen molar-refractivity contribution in [2.75, 3.05) is 4.90 Å². The standard InChI is InChI=1S/C43H39BrClN/c1-26(2)28-11-13-31(14-12-28)35-22-24-39(42(45)41(35)44)46(32-18-15-29(16-19-32)27(3)4)33-20-21-36-38(25-33)43(5,6)37-23-17-30-9-7-8-10-34(30)40(36)37/h7-27H,1-6H3. The van der Waals surface area contributed by atoms with Crippen LogP contribution in [0, 0.1) is 0 Å². The van der Waals surface area contributed by atoms with E-state index in [4.69, 9.17) is 11.6 Å². The lowest BCUT2D eigenvalue weighted by Crippen LogP contribution is -2.17. The second kappa shape index (κ2) is 11.7. The zero-order valence-corrected chi connectivity index (χ0v) is 29.7. The van der Waals surface area contributed by atoms with Crippen LogP contribution in [-0.4, -0.2) is 0 Å². The third-order valence-electron chi connectivity index (χ3n) is 9.82. The molecule has 230 valence electrons. The molecular weight excluding hydrogens is 646 g/mol. The van der Waals surface area contributed by atoms with Gasteiger partial charge in [0.05, 0.1) is 10.7 Å². The van der Waals surface area contributed by atoms with Crippen LogP contribution in [0.2, 0.25) is 5.02 Å². The van der Waals surface area contributed by atoms with Gasteiger partial charge in [0.2, 0.25) is 0 Å². The molecule has 46 heavy (non-hydrogen) atoms. The lowest BCUT2D eigenvalue weighted by molar-refractivity contribution is 0.661. The molecule has 0 atom stereocenters. The molecule has 0 radical (unpaired) electrons.